The number of nitrogens with one attached hydrogen (secondary N) is 3. The number of rotatable bonds is 13. The lowest BCUT2D eigenvalue weighted by atomic mass is 10.1. The molecular formula is C16H27N7O5. The molecule has 12 heteroatoms. The average molecular weight is 397 g/mol. The number of carboxylic acids is 1. The van der Waals surface area contributed by atoms with Crippen molar-refractivity contribution in [1.29, 1.82) is 0 Å². The van der Waals surface area contributed by atoms with Gasteiger partial charge < -0.3 is 37.9 Å². The van der Waals surface area contributed by atoms with Crippen molar-refractivity contribution in [2.45, 2.75) is 50.2 Å². The Kier molecular flexibility index (Phi) is 9.60. The molecule has 0 saturated heterocycles. The lowest BCUT2D eigenvalue weighted by Crippen LogP contribution is -2.55. The fourth-order valence-corrected chi connectivity index (χ4v) is 2.44. The zero-order valence-corrected chi connectivity index (χ0v) is 15.4. The van der Waals surface area contributed by atoms with Gasteiger partial charge >= 0.3 is 5.97 Å². The van der Waals surface area contributed by atoms with Crippen LogP contribution in [-0.4, -0.2) is 63.4 Å². The molecule has 0 aliphatic rings. The standard InChI is InChI=1S/C16H27N7O5/c17-4-2-1-3-11(15(26)23-12(16(27)28)6-13(19)24)22-14(25)10(18)5-9-7-20-8-21-9/h7-8,10-12H,1-6,17-18H2,(H2,19,24)(H,20,21)(H,22,25)(H,23,26)(H,27,28). The van der Waals surface area contributed by atoms with Gasteiger partial charge in [0.15, 0.2) is 0 Å². The number of imidazole rings is 1. The van der Waals surface area contributed by atoms with E-state index in [4.69, 9.17) is 22.3 Å². The van der Waals surface area contributed by atoms with Gasteiger partial charge in [0.05, 0.1) is 18.8 Å². The van der Waals surface area contributed by atoms with E-state index in [1.165, 1.54) is 12.5 Å². The maximum absolute atomic E-state index is 12.5. The van der Waals surface area contributed by atoms with E-state index in [0.29, 0.717) is 25.1 Å². The molecule has 0 aliphatic heterocycles. The number of nitrogens with two attached hydrogens (primary N) is 3. The molecule has 1 rings (SSSR count). The van der Waals surface area contributed by atoms with E-state index in [1.807, 2.05) is 0 Å². The van der Waals surface area contributed by atoms with Crippen molar-refractivity contribution < 1.29 is 24.3 Å². The molecule has 0 bridgehead atoms. The second kappa shape index (κ2) is 11.7. The molecule has 10 N–H and O–H groups in total. The molecule has 3 atom stereocenters. The van der Waals surface area contributed by atoms with Crippen molar-refractivity contribution in [2.24, 2.45) is 17.2 Å². The number of aromatic amines is 1. The van der Waals surface area contributed by atoms with Gasteiger partial charge in [-0.3, -0.25) is 14.4 Å². The Hall–Kier alpha value is -2.99. The third-order valence-electron chi connectivity index (χ3n) is 3.93. The van der Waals surface area contributed by atoms with Crippen LogP contribution in [0.15, 0.2) is 12.5 Å². The molecule has 0 spiro atoms. The number of unbranched alkanes of at least 4 members (excludes halogenated alkanes) is 1. The largest absolute Gasteiger partial charge is 0.480 e. The molecule has 0 radical (unpaired) electrons. The number of H-pyrrole nitrogens is 1. The van der Waals surface area contributed by atoms with E-state index in [1.54, 1.807) is 0 Å². The van der Waals surface area contributed by atoms with Crippen LogP contribution in [-0.2, 0) is 25.6 Å². The first kappa shape index (κ1) is 23.0. The highest BCUT2D eigenvalue weighted by atomic mass is 16.4. The molecule has 1 aromatic heterocycles. The lowest BCUT2D eigenvalue weighted by Gasteiger charge is -2.22. The SMILES string of the molecule is NCCCCC(NC(=O)C(N)Cc1cnc[nH]1)C(=O)NC(CC(N)=O)C(=O)O. The smallest absolute Gasteiger partial charge is 0.326 e. The van der Waals surface area contributed by atoms with Crippen LogP contribution >= 0.6 is 0 Å². The van der Waals surface area contributed by atoms with E-state index in [2.05, 4.69) is 20.6 Å². The van der Waals surface area contributed by atoms with Crippen LogP contribution in [0.1, 0.15) is 31.4 Å². The summed E-state index contributed by atoms with van der Waals surface area (Å²) in [6.07, 6.45) is 3.97. The molecule has 1 heterocycles. The number of hydrogen-bond donors (Lipinski definition) is 7. The van der Waals surface area contributed by atoms with Crippen molar-refractivity contribution in [1.82, 2.24) is 20.6 Å². The molecule has 28 heavy (non-hydrogen) atoms. The number of hydrogen-bond acceptors (Lipinski definition) is 7. The van der Waals surface area contributed by atoms with Crippen LogP contribution in [0.5, 0.6) is 0 Å². The van der Waals surface area contributed by atoms with Crippen molar-refractivity contribution in [3.63, 3.8) is 0 Å². The number of aliphatic carboxylic acids is 1. The topological polar surface area (TPSA) is 219 Å². The number of nitrogens with zero attached hydrogens (tertiary/aromatic N) is 1. The van der Waals surface area contributed by atoms with Crippen molar-refractivity contribution in [2.75, 3.05) is 6.54 Å². The third kappa shape index (κ3) is 8.14. The van der Waals surface area contributed by atoms with Gasteiger partial charge in [-0.15, -0.1) is 0 Å². The highest BCUT2D eigenvalue weighted by Gasteiger charge is 2.28. The van der Waals surface area contributed by atoms with E-state index < -0.39 is 48.2 Å². The van der Waals surface area contributed by atoms with Gasteiger partial charge in [-0.05, 0) is 25.8 Å². The summed E-state index contributed by atoms with van der Waals surface area (Å²) in [4.78, 5) is 53.7. The molecule has 0 fully saturated rings. The van der Waals surface area contributed by atoms with Crippen molar-refractivity contribution >= 4 is 23.7 Å². The number of carbonyl (C=O) groups is 4. The molecular weight excluding hydrogens is 370 g/mol. The third-order valence-corrected chi connectivity index (χ3v) is 3.93. The average Bonchev–Trinajstić information content (AvgIpc) is 3.12. The zero-order chi connectivity index (χ0) is 21.1. The molecule has 1 aromatic rings. The Morgan fingerprint density at radius 2 is 1.82 bits per heavy atom. The fourth-order valence-electron chi connectivity index (χ4n) is 2.44. The summed E-state index contributed by atoms with van der Waals surface area (Å²) >= 11 is 0. The lowest BCUT2D eigenvalue weighted by molar-refractivity contribution is -0.143. The van der Waals surface area contributed by atoms with E-state index in [9.17, 15) is 19.2 Å². The Bertz CT molecular complexity index is 664. The Balaban J connectivity index is 2.76. The van der Waals surface area contributed by atoms with Gasteiger partial charge in [0, 0.05) is 18.3 Å². The maximum atomic E-state index is 12.5. The Morgan fingerprint density at radius 1 is 1.14 bits per heavy atom. The number of aromatic nitrogens is 2. The van der Waals surface area contributed by atoms with Crippen LogP contribution in [0.3, 0.4) is 0 Å². The van der Waals surface area contributed by atoms with Crippen LogP contribution in [0, 0.1) is 0 Å². The molecule has 3 unspecified atom stereocenters. The number of amides is 3. The van der Waals surface area contributed by atoms with Crippen LogP contribution in [0.25, 0.3) is 0 Å². The summed E-state index contributed by atoms with van der Waals surface area (Å²) in [7, 11) is 0. The molecule has 156 valence electrons. The van der Waals surface area contributed by atoms with Crippen LogP contribution in [0.4, 0.5) is 0 Å². The maximum Gasteiger partial charge on any atom is 0.326 e. The van der Waals surface area contributed by atoms with Gasteiger partial charge in [-0.2, -0.15) is 0 Å². The first-order valence-electron chi connectivity index (χ1n) is 8.79. The summed E-state index contributed by atoms with van der Waals surface area (Å²) in [5.41, 5.74) is 17.0. The monoisotopic (exact) mass is 397 g/mol. The Morgan fingerprint density at radius 3 is 2.36 bits per heavy atom. The predicted molar refractivity (Wildman–Crippen MR) is 98.5 cm³/mol. The molecule has 0 saturated carbocycles. The second-order valence-corrected chi connectivity index (χ2v) is 6.30. The Labute approximate surface area is 161 Å². The normalized spacial score (nSPS) is 13.9. The minimum atomic E-state index is -1.49. The molecule has 12 nitrogen and oxygen atoms in total. The van der Waals surface area contributed by atoms with E-state index in [0.717, 1.165) is 0 Å². The van der Waals surface area contributed by atoms with E-state index >= 15 is 0 Å². The summed E-state index contributed by atoms with van der Waals surface area (Å²) in [5.74, 6) is -3.61. The quantitative estimate of drug-likeness (QED) is 0.174. The molecule has 3 amide bonds. The van der Waals surface area contributed by atoms with E-state index in [-0.39, 0.29) is 12.8 Å². The molecule has 0 aromatic carbocycles. The highest BCUT2D eigenvalue weighted by Crippen LogP contribution is 2.04. The summed E-state index contributed by atoms with van der Waals surface area (Å²) < 4.78 is 0. The summed E-state index contributed by atoms with van der Waals surface area (Å²) in [6.45, 7) is 0.404. The summed E-state index contributed by atoms with van der Waals surface area (Å²) in [6, 6.07) is -3.45. The number of carboxylic acid groups (broad SMARTS) is 1. The first-order chi connectivity index (χ1) is 13.2. The van der Waals surface area contributed by atoms with Gasteiger partial charge in [-0.1, -0.05) is 0 Å². The number of primary amides is 1. The van der Waals surface area contributed by atoms with Crippen molar-refractivity contribution in [3.05, 3.63) is 18.2 Å². The highest BCUT2D eigenvalue weighted by molar-refractivity contribution is 5.93. The first-order valence-corrected chi connectivity index (χ1v) is 8.79. The van der Waals surface area contributed by atoms with Crippen molar-refractivity contribution in [3.8, 4) is 0 Å². The van der Waals surface area contributed by atoms with Gasteiger partial charge in [0.1, 0.15) is 12.1 Å². The summed E-state index contributed by atoms with van der Waals surface area (Å²) in [5, 5.41) is 13.9. The molecule has 0 aliphatic carbocycles. The van der Waals surface area contributed by atoms with Gasteiger partial charge in [-0.25, -0.2) is 9.78 Å². The zero-order valence-electron chi connectivity index (χ0n) is 15.4. The van der Waals surface area contributed by atoms with Crippen LogP contribution < -0.4 is 27.8 Å². The number of carbonyl (C=O) groups excluding carboxylic acids is 3. The van der Waals surface area contributed by atoms with Gasteiger partial charge in [0.25, 0.3) is 0 Å². The van der Waals surface area contributed by atoms with Crippen LogP contribution in [0.2, 0.25) is 0 Å². The van der Waals surface area contributed by atoms with Gasteiger partial charge in [0.2, 0.25) is 17.7 Å². The minimum Gasteiger partial charge on any atom is -0.480 e. The fraction of sp³-hybridized carbons (Fsp3) is 0.562. The minimum absolute atomic E-state index is 0.183. The predicted octanol–water partition coefficient (Wildman–Crippen LogP) is -2.66. The second-order valence-electron chi connectivity index (χ2n) is 6.30.